The zero-order chi connectivity index (χ0) is 19.3. The molecule has 2 aromatic heterocycles. The minimum Gasteiger partial charge on any atom is -0.454 e. The molecule has 0 amide bonds. The quantitative estimate of drug-likeness (QED) is 0.564. The van der Waals surface area contributed by atoms with Gasteiger partial charge in [-0.25, -0.2) is 4.98 Å². The summed E-state index contributed by atoms with van der Waals surface area (Å²) >= 11 is 0. The average Bonchev–Trinajstić information content (AvgIpc) is 3.28. The summed E-state index contributed by atoms with van der Waals surface area (Å²) in [5, 5.41) is 2.94. The van der Waals surface area contributed by atoms with Gasteiger partial charge in [0, 0.05) is 11.8 Å². The van der Waals surface area contributed by atoms with E-state index in [2.05, 4.69) is 20.3 Å². The van der Waals surface area contributed by atoms with Gasteiger partial charge in [-0.3, -0.25) is 4.57 Å². The summed E-state index contributed by atoms with van der Waals surface area (Å²) in [6.45, 7) is 1.98. The van der Waals surface area contributed by atoms with Gasteiger partial charge in [-0.2, -0.15) is 14.4 Å². The molecule has 1 aliphatic heterocycles. The van der Waals surface area contributed by atoms with Crippen LogP contribution in [-0.4, -0.2) is 26.3 Å². The Balaban J connectivity index is 1.60. The maximum atomic E-state index is 14.6. The smallest absolute Gasteiger partial charge is 0.239 e. The summed E-state index contributed by atoms with van der Waals surface area (Å²) in [5.41, 5.74) is 8.00. The van der Waals surface area contributed by atoms with Gasteiger partial charge in [-0.1, -0.05) is 12.1 Å². The first-order chi connectivity index (χ1) is 13.6. The number of nitrogen functional groups attached to an aromatic ring is 1. The van der Waals surface area contributed by atoms with Gasteiger partial charge in [-0.05, 0) is 31.2 Å². The summed E-state index contributed by atoms with van der Waals surface area (Å²) in [6.07, 6.45) is 0. The maximum Gasteiger partial charge on any atom is 0.239 e. The first-order valence-corrected chi connectivity index (χ1v) is 8.54. The Morgan fingerprint density at radius 1 is 1.07 bits per heavy atom. The van der Waals surface area contributed by atoms with E-state index in [9.17, 15) is 4.39 Å². The third kappa shape index (κ3) is 2.56. The van der Waals surface area contributed by atoms with Crippen LogP contribution in [0, 0.1) is 12.7 Å². The molecule has 2 aromatic carbocycles. The highest BCUT2D eigenvalue weighted by Crippen LogP contribution is 2.35. The average molecular weight is 378 g/mol. The number of aromatic nitrogens is 4. The lowest BCUT2D eigenvalue weighted by Gasteiger charge is -2.12. The van der Waals surface area contributed by atoms with E-state index < -0.39 is 5.82 Å². The van der Waals surface area contributed by atoms with Crippen molar-refractivity contribution in [3.63, 3.8) is 0 Å². The van der Waals surface area contributed by atoms with Crippen molar-refractivity contribution in [1.29, 1.82) is 0 Å². The van der Waals surface area contributed by atoms with Gasteiger partial charge in [0.1, 0.15) is 5.82 Å². The number of ether oxygens (including phenoxy) is 2. The second kappa shape index (κ2) is 6.08. The summed E-state index contributed by atoms with van der Waals surface area (Å²) in [7, 11) is 0. The molecule has 3 heterocycles. The number of hydrogen-bond donors (Lipinski definition) is 2. The zero-order valence-corrected chi connectivity index (χ0v) is 14.8. The largest absolute Gasteiger partial charge is 0.454 e. The first-order valence-electron chi connectivity index (χ1n) is 8.54. The molecule has 4 aromatic rings. The number of hydrogen-bond acceptors (Lipinski definition) is 7. The fourth-order valence-corrected chi connectivity index (χ4v) is 3.14. The van der Waals surface area contributed by atoms with Crippen LogP contribution in [0.4, 0.5) is 21.7 Å². The second-order valence-electron chi connectivity index (χ2n) is 6.25. The molecule has 8 nitrogen and oxygen atoms in total. The topological polar surface area (TPSA) is 100 Å². The van der Waals surface area contributed by atoms with Gasteiger partial charge < -0.3 is 20.5 Å². The van der Waals surface area contributed by atoms with Crippen LogP contribution in [0.1, 0.15) is 5.82 Å². The highest BCUT2D eigenvalue weighted by molar-refractivity contribution is 5.77. The van der Waals surface area contributed by atoms with E-state index in [0.717, 1.165) is 11.0 Å². The fraction of sp³-hybridized carbons (Fsp3) is 0.105. The van der Waals surface area contributed by atoms with Crippen molar-refractivity contribution in [2.45, 2.75) is 6.92 Å². The molecular formula is C19H15FN6O2. The van der Waals surface area contributed by atoms with Crippen LogP contribution in [0.3, 0.4) is 0 Å². The van der Waals surface area contributed by atoms with Crippen molar-refractivity contribution in [3.05, 3.63) is 54.1 Å². The molecule has 9 heteroatoms. The number of rotatable bonds is 3. The fourth-order valence-electron chi connectivity index (χ4n) is 3.14. The third-order valence-corrected chi connectivity index (χ3v) is 4.43. The Kier molecular flexibility index (Phi) is 3.54. The number of benzene rings is 2. The van der Waals surface area contributed by atoms with Gasteiger partial charge in [-0.15, -0.1) is 0 Å². The molecular weight excluding hydrogens is 363 g/mol. The van der Waals surface area contributed by atoms with E-state index in [4.69, 9.17) is 15.2 Å². The SMILES string of the molecule is Cc1nc2ccccc2n1-c1nc(N)c(F)c(Nc2ccc3c(c2)OCO3)n1. The Morgan fingerprint density at radius 2 is 1.89 bits per heavy atom. The molecule has 0 radical (unpaired) electrons. The van der Waals surface area contributed by atoms with Crippen molar-refractivity contribution < 1.29 is 13.9 Å². The standard InChI is InChI=1S/C19H15FN6O2/c1-10-22-12-4-2-3-5-13(12)26(10)19-24-17(21)16(20)18(25-19)23-11-6-7-14-15(8-11)28-9-27-14/h2-8H,9H2,1H3,(H3,21,23,24,25). The monoisotopic (exact) mass is 378 g/mol. The Hall–Kier alpha value is -3.88. The normalized spacial score (nSPS) is 12.5. The van der Waals surface area contributed by atoms with Crippen LogP contribution in [0.15, 0.2) is 42.5 Å². The highest BCUT2D eigenvalue weighted by atomic mass is 19.1. The zero-order valence-electron chi connectivity index (χ0n) is 14.8. The van der Waals surface area contributed by atoms with Crippen LogP contribution in [0.5, 0.6) is 11.5 Å². The number of fused-ring (bicyclic) bond motifs is 2. The number of halogens is 1. The molecule has 28 heavy (non-hydrogen) atoms. The number of anilines is 3. The molecule has 5 rings (SSSR count). The molecule has 0 saturated carbocycles. The Morgan fingerprint density at radius 3 is 2.79 bits per heavy atom. The van der Waals surface area contributed by atoms with Gasteiger partial charge >= 0.3 is 0 Å². The van der Waals surface area contributed by atoms with E-state index >= 15 is 0 Å². The minimum absolute atomic E-state index is 0.0430. The molecule has 0 saturated heterocycles. The van der Waals surface area contributed by atoms with Crippen LogP contribution in [0.2, 0.25) is 0 Å². The number of nitrogens with zero attached hydrogens (tertiary/aromatic N) is 4. The van der Waals surface area contributed by atoms with E-state index in [1.54, 1.807) is 22.8 Å². The maximum absolute atomic E-state index is 14.6. The summed E-state index contributed by atoms with van der Waals surface area (Å²) in [5.74, 6) is 1.07. The van der Waals surface area contributed by atoms with Crippen molar-refractivity contribution in [3.8, 4) is 17.4 Å². The molecule has 0 bridgehead atoms. The van der Waals surface area contributed by atoms with Gasteiger partial charge in [0.25, 0.3) is 0 Å². The van der Waals surface area contributed by atoms with Crippen molar-refractivity contribution in [1.82, 2.24) is 19.5 Å². The van der Waals surface area contributed by atoms with Gasteiger partial charge in [0.2, 0.25) is 18.6 Å². The predicted molar refractivity (Wildman–Crippen MR) is 102 cm³/mol. The minimum atomic E-state index is -0.733. The van der Waals surface area contributed by atoms with Gasteiger partial charge in [0.15, 0.2) is 23.1 Å². The van der Waals surface area contributed by atoms with E-state index in [1.807, 2.05) is 31.2 Å². The van der Waals surface area contributed by atoms with Crippen molar-refractivity contribution in [2.24, 2.45) is 0 Å². The van der Waals surface area contributed by atoms with Crippen LogP contribution in [-0.2, 0) is 0 Å². The molecule has 0 fully saturated rings. The van der Waals surface area contributed by atoms with Gasteiger partial charge in [0.05, 0.1) is 11.0 Å². The number of nitrogens with one attached hydrogen (secondary N) is 1. The molecule has 1 aliphatic rings. The summed E-state index contributed by atoms with van der Waals surface area (Å²) in [6, 6.07) is 12.7. The second-order valence-corrected chi connectivity index (χ2v) is 6.25. The molecule has 0 unspecified atom stereocenters. The molecule has 140 valence electrons. The van der Waals surface area contributed by atoms with Crippen LogP contribution < -0.4 is 20.5 Å². The number of nitrogens with two attached hydrogens (primary N) is 1. The summed E-state index contributed by atoms with van der Waals surface area (Å²) < 4.78 is 27.0. The van der Waals surface area contributed by atoms with Crippen molar-refractivity contribution >= 4 is 28.4 Å². The van der Waals surface area contributed by atoms with Crippen LogP contribution in [0.25, 0.3) is 17.0 Å². The van der Waals surface area contributed by atoms with E-state index in [-0.39, 0.29) is 24.4 Å². The molecule has 0 aliphatic carbocycles. The molecule has 3 N–H and O–H groups in total. The lowest BCUT2D eigenvalue weighted by molar-refractivity contribution is 0.174. The lowest BCUT2D eigenvalue weighted by atomic mass is 10.2. The molecule has 0 atom stereocenters. The Labute approximate surface area is 158 Å². The van der Waals surface area contributed by atoms with E-state index in [1.165, 1.54) is 0 Å². The third-order valence-electron chi connectivity index (χ3n) is 4.43. The van der Waals surface area contributed by atoms with Crippen LogP contribution >= 0.6 is 0 Å². The summed E-state index contributed by atoms with van der Waals surface area (Å²) in [4.78, 5) is 13.0. The highest BCUT2D eigenvalue weighted by Gasteiger charge is 2.19. The van der Waals surface area contributed by atoms with E-state index in [0.29, 0.717) is 23.0 Å². The van der Waals surface area contributed by atoms with Crippen molar-refractivity contribution in [2.75, 3.05) is 17.8 Å². The first kappa shape index (κ1) is 16.3. The number of imidazole rings is 1. The predicted octanol–water partition coefficient (Wildman–Crippen LogP) is 3.32. The number of para-hydroxylation sites is 2. The lowest BCUT2D eigenvalue weighted by Crippen LogP contribution is -2.10. The number of aryl methyl sites for hydroxylation is 1. The molecule has 0 spiro atoms. The Bertz CT molecular complexity index is 1220.